The lowest BCUT2D eigenvalue weighted by molar-refractivity contribution is 0.0105. The molecule has 0 N–H and O–H groups in total. The molecule has 1 fully saturated rings. The van der Waals surface area contributed by atoms with Crippen molar-refractivity contribution < 1.29 is 9.53 Å². The van der Waals surface area contributed by atoms with Crippen molar-refractivity contribution in [1.82, 2.24) is 0 Å². The summed E-state index contributed by atoms with van der Waals surface area (Å²) >= 11 is 0. The highest BCUT2D eigenvalue weighted by atomic mass is 16.5. The van der Waals surface area contributed by atoms with Gasteiger partial charge in [0.05, 0.1) is 17.0 Å². The Labute approximate surface area is 158 Å². The van der Waals surface area contributed by atoms with E-state index in [0.717, 1.165) is 44.9 Å². The molecule has 3 nitrogen and oxygen atoms in total. The number of hydrogen-bond donors (Lipinski definition) is 0. The summed E-state index contributed by atoms with van der Waals surface area (Å²) in [5, 5.41) is 9.62. The molecule has 0 spiro atoms. The summed E-state index contributed by atoms with van der Waals surface area (Å²) in [5.41, 5.74) is 1.70. The Balaban J connectivity index is 1.82. The first-order valence-electron chi connectivity index (χ1n) is 10.3. The fourth-order valence-corrected chi connectivity index (χ4v) is 3.80. The van der Waals surface area contributed by atoms with Crippen LogP contribution in [0.4, 0.5) is 0 Å². The summed E-state index contributed by atoms with van der Waals surface area (Å²) in [6, 6.07) is 10.4. The smallest absolute Gasteiger partial charge is 0.338 e. The molecule has 1 saturated carbocycles. The Kier molecular flexibility index (Phi) is 8.16. The van der Waals surface area contributed by atoms with Gasteiger partial charge in [-0.05, 0) is 62.6 Å². The van der Waals surface area contributed by atoms with Crippen LogP contribution in [0.25, 0.3) is 0 Å². The minimum absolute atomic E-state index is 0.0464. The lowest BCUT2D eigenvalue weighted by Gasteiger charge is -2.34. The van der Waals surface area contributed by atoms with Gasteiger partial charge < -0.3 is 4.74 Å². The topological polar surface area (TPSA) is 50.1 Å². The summed E-state index contributed by atoms with van der Waals surface area (Å²) in [4.78, 5) is 12.4. The van der Waals surface area contributed by atoms with Crippen LogP contribution >= 0.6 is 0 Å². The van der Waals surface area contributed by atoms with E-state index in [2.05, 4.69) is 19.9 Å². The van der Waals surface area contributed by atoms with Crippen LogP contribution in [0.1, 0.15) is 94.0 Å². The quantitative estimate of drug-likeness (QED) is 0.390. The number of benzene rings is 1. The van der Waals surface area contributed by atoms with Crippen LogP contribution in [-0.4, -0.2) is 12.1 Å². The molecule has 142 valence electrons. The summed E-state index contributed by atoms with van der Waals surface area (Å²) in [5.74, 6) is -0.229. The second kappa shape index (κ2) is 10.4. The largest absolute Gasteiger partial charge is 0.459 e. The van der Waals surface area contributed by atoms with Gasteiger partial charge in [0.15, 0.2) is 0 Å². The van der Waals surface area contributed by atoms with Gasteiger partial charge in [0.25, 0.3) is 0 Å². The SMILES string of the molecule is CCCCC[C@]1(C#N)CC[C@H](OC(=O)c2ccc(CCCC)cc2)CC1. The van der Waals surface area contributed by atoms with Crippen molar-refractivity contribution >= 4 is 5.97 Å². The van der Waals surface area contributed by atoms with Gasteiger partial charge in [0.2, 0.25) is 0 Å². The van der Waals surface area contributed by atoms with Gasteiger partial charge in [0.1, 0.15) is 6.10 Å². The molecule has 26 heavy (non-hydrogen) atoms. The Morgan fingerprint density at radius 2 is 1.77 bits per heavy atom. The minimum Gasteiger partial charge on any atom is -0.459 e. The maximum absolute atomic E-state index is 12.4. The standard InChI is InChI=1S/C23H33NO2/c1-3-5-7-15-23(18-24)16-13-21(14-17-23)26-22(25)20-11-9-19(10-12-20)8-6-4-2/h9-12,21H,3-8,13-17H2,1-2H3/t21-,23-. The highest BCUT2D eigenvalue weighted by Gasteiger charge is 2.36. The van der Waals surface area contributed by atoms with Crippen molar-refractivity contribution in [1.29, 1.82) is 5.26 Å². The number of carbonyl (C=O) groups excluding carboxylic acids is 1. The highest BCUT2D eigenvalue weighted by molar-refractivity contribution is 5.89. The molecule has 0 unspecified atom stereocenters. The zero-order chi connectivity index (χ0) is 18.8. The first-order valence-corrected chi connectivity index (χ1v) is 10.3. The van der Waals surface area contributed by atoms with E-state index in [1.807, 2.05) is 24.3 Å². The number of ether oxygens (including phenoxy) is 1. The van der Waals surface area contributed by atoms with Gasteiger partial charge in [-0.15, -0.1) is 0 Å². The molecule has 0 aliphatic heterocycles. The van der Waals surface area contributed by atoms with Gasteiger partial charge in [0, 0.05) is 0 Å². The average molecular weight is 356 g/mol. The molecule has 1 aliphatic rings. The number of nitriles is 1. The number of hydrogen-bond acceptors (Lipinski definition) is 3. The van der Waals surface area contributed by atoms with Crippen LogP contribution in [0.15, 0.2) is 24.3 Å². The summed E-state index contributed by atoms with van der Waals surface area (Å²) in [6.07, 6.45) is 11.1. The Morgan fingerprint density at radius 1 is 1.12 bits per heavy atom. The first-order chi connectivity index (χ1) is 12.6. The van der Waals surface area contributed by atoms with Crippen LogP contribution in [0.2, 0.25) is 0 Å². The van der Waals surface area contributed by atoms with Gasteiger partial charge in [-0.1, -0.05) is 51.7 Å². The molecule has 0 aromatic heterocycles. The lowest BCUT2D eigenvalue weighted by atomic mass is 9.71. The predicted octanol–water partition coefficient (Wildman–Crippen LogP) is 6.22. The van der Waals surface area contributed by atoms with Crippen LogP contribution in [0.3, 0.4) is 0 Å². The Morgan fingerprint density at radius 3 is 2.35 bits per heavy atom. The lowest BCUT2D eigenvalue weighted by Crippen LogP contribution is -2.31. The van der Waals surface area contributed by atoms with E-state index >= 15 is 0 Å². The molecule has 0 saturated heterocycles. The molecule has 1 aliphatic carbocycles. The molecular weight excluding hydrogens is 322 g/mol. The zero-order valence-electron chi connectivity index (χ0n) is 16.4. The third kappa shape index (κ3) is 5.87. The van der Waals surface area contributed by atoms with Crippen molar-refractivity contribution in [2.24, 2.45) is 5.41 Å². The molecule has 0 radical (unpaired) electrons. The van der Waals surface area contributed by atoms with Crippen molar-refractivity contribution in [2.75, 3.05) is 0 Å². The van der Waals surface area contributed by atoms with Crippen LogP contribution in [0, 0.1) is 16.7 Å². The third-order valence-electron chi connectivity index (χ3n) is 5.67. The van der Waals surface area contributed by atoms with Crippen LogP contribution < -0.4 is 0 Å². The van der Waals surface area contributed by atoms with Gasteiger partial charge in [-0.25, -0.2) is 4.79 Å². The zero-order valence-corrected chi connectivity index (χ0v) is 16.4. The van der Waals surface area contributed by atoms with Crippen molar-refractivity contribution in [3.63, 3.8) is 0 Å². The van der Waals surface area contributed by atoms with Gasteiger partial charge in [-0.3, -0.25) is 0 Å². The second-order valence-corrected chi connectivity index (χ2v) is 7.75. The third-order valence-corrected chi connectivity index (χ3v) is 5.67. The number of carbonyl (C=O) groups is 1. The van der Waals surface area contributed by atoms with E-state index in [4.69, 9.17) is 4.74 Å². The van der Waals surface area contributed by atoms with Crippen molar-refractivity contribution in [3.05, 3.63) is 35.4 Å². The van der Waals surface area contributed by atoms with Crippen LogP contribution in [0.5, 0.6) is 0 Å². The minimum atomic E-state index is -0.229. The number of aryl methyl sites for hydroxylation is 1. The number of rotatable bonds is 9. The van der Waals surface area contributed by atoms with Crippen molar-refractivity contribution in [3.8, 4) is 6.07 Å². The fraction of sp³-hybridized carbons (Fsp3) is 0.652. The fourth-order valence-electron chi connectivity index (χ4n) is 3.80. The maximum Gasteiger partial charge on any atom is 0.338 e. The predicted molar refractivity (Wildman–Crippen MR) is 105 cm³/mol. The van der Waals surface area contributed by atoms with E-state index < -0.39 is 0 Å². The number of nitrogens with zero attached hydrogens (tertiary/aromatic N) is 1. The van der Waals surface area contributed by atoms with Gasteiger partial charge >= 0.3 is 5.97 Å². The molecule has 1 aromatic carbocycles. The van der Waals surface area contributed by atoms with Crippen molar-refractivity contribution in [2.45, 2.75) is 90.6 Å². The molecule has 1 aromatic rings. The first kappa shape index (κ1) is 20.5. The highest BCUT2D eigenvalue weighted by Crippen LogP contribution is 2.41. The Bertz CT molecular complexity index is 592. The summed E-state index contributed by atoms with van der Waals surface area (Å²) < 4.78 is 5.71. The monoisotopic (exact) mass is 355 g/mol. The molecular formula is C23H33NO2. The number of esters is 1. The molecule has 0 heterocycles. The van der Waals surface area contributed by atoms with E-state index in [9.17, 15) is 10.1 Å². The maximum atomic E-state index is 12.4. The molecule has 3 heteroatoms. The summed E-state index contributed by atoms with van der Waals surface area (Å²) in [7, 11) is 0. The van der Waals surface area contributed by atoms with E-state index in [0.29, 0.717) is 5.56 Å². The summed E-state index contributed by atoms with van der Waals surface area (Å²) in [6.45, 7) is 4.37. The van der Waals surface area contributed by atoms with E-state index in [1.54, 1.807) is 0 Å². The molecule has 0 bridgehead atoms. The van der Waals surface area contributed by atoms with E-state index in [-0.39, 0.29) is 17.5 Å². The average Bonchev–Trinajstić information content (AvgIpc) is 2.68. The number of unbranched alkanes of at least 4 members (excludes halogenated alkanes) is 3. The second-order valence-electron chi connectivity index (χ2n) is 7.75. The van der Waals surface area contributed by atoms with Crippen LogP contribution in [-0.2, 0) is 11.2 Å². The molecule has 0 atom stereocenters. The van der Waals surface area contributed by atoms with Gasteiger partial charge in [-0.2, -0.15) is 5.26 Å². The molecule has 0 amide bonds. The molecule has 2 rings (SSSR count). The Hall–Kier alpha value is -1.82. The normalized spacial score (nSPS) is 22.6. The van der Waals surface area contributed by atoms with E-state index in [1.165, 1.54) is 31.2 Å².